The molecule has 1 saturated carbocycles. The van der Waals surface area contributed by atoms with Crippen molar-refractivity contribution < 1.29 is 4.79 Å². The fourth-order valence-corrected chi connectivity index (χ4v) is 1.77. The first-order chi connectivity index (χ1) is 5.65. The third-order valence-corrected chi connectivity index (χ3v) is 2.93. The second-order valence-electron chi connectivity index (χ2n) is 4.03. The van der Waals surface area contributed by atoms with E-state index in [0.29, 0.717) is 13.0 Å². The Hall–Kier alpha value is -1.04. The molecule has 1 amide bonds. The van der Waals surface area contributed by atoms with E-state index >= 15 is 0 Å². The zero-order chi connectivity index (χ0) is 8.77. The Labute approximate surface area is 72.0 Å². The van der Waals surface area contributed by atoms with E-state index in [4.69, 9.17) is 5.26 Å². The zero-order valence-electron chi connectivity index (χ0n) is 7.21. The molecule has 0 aromatic carbocycles. The average molecular weight is 164 g/mol. The van der Waals surface area contributed by atoms with Crippen molar-refractivity contribution in [1.29, 1.82) is 5.26 Å². The van der Waals surface area contributed by atoms with Crippen LogP contribution in [0.2, 0.25) is 0 Å². The molecule has 1 unspecified atom stereocenters. The quantitative estimate of drug-likeness (QED) is 0.578. The minimum Gasteiger partial charge on any atom is -0.336 e. The summed E-state index contributed by atoms with van der Waals surface area (Å²) in [6.45, 7) is 2.76. The fraction of sp³-hybridized carbons (Fsp3) is 0.778. The van der Waals surface area contributed by atoms with E-state index in [-0.39, 0.29) is 17.4 Å². The third-order valence-electron chi connectivity index (χ3n) is 2.93. The SMILES string of the molecule is CC1(N2CC(C#N)CC2=O)CC1. The summed E-state index contributed by atoms with van der Waals surface area (Å²) < 4.78 is 0. The Kier molecular flexibility index (Phi) is 1.41. The smallest absolute Gasteiger partial charge is 0.224 e. The van der Waals surface area contributed by atoms with Crippen molar-refractivity contribution in [1.82, 2.24) is 4.90 Å². The summed E-state index contributed by atoms with van der Waals surface area (Å²) >= 11 is 0. The van der Waals surface area contributed by atoms with Crippen molar-refractivity contribution in [2.45, 2.75) is 31.7 Å². The first kappa shape index (κ1) is 7.60. The topological polar surface area (TPSA) is 44.1 Å². The maximum absolute atomic E-state index is 11.4. The lowest BCUT2D eigenvalue weighted by Crippen LogP contribution is -2.36. The monoisotopic (exact) mass is 164 g/mol. The van der Waals surface area contributed by atoms with E-state index in [9.17, 15) is 4.79 Å². The van der Waals surface area contributed by atoms with Crippen LogP contribution < -0.4 is 0 Å². The van der Waals surface area contributed by atoms with Crippen LogP contribution in [-0.4, -0.2) is 22.9 Å². The molecule has 0 bridgehead atoms. The van der Waals surface area contributed by atoms with Crippen molar-refractivity contribution in [3.8, 4) is 6.07 Å². The molecular formula is C9H12N2O. The molecule has 0 radical (unpaired) electrons. The molecule has 1 atom stereocenters. The summed E-state index contributed by atoms with van der Waals surface area (Å²) in [4.78, 5) is 13.3. The van der Waals surface area contributed by atoms with Crippen LogP contribution >= 0.6 is 0 Å². The van der Waals surface area contributed by atoms with Gasteiger partial charge >= 0.3 is 0 Å². The zero-order valence-corrected chi connectivity index (χ0v) is 7.21. The molecule has 2 fully saturated rings. The number of hydrogen-bond donors (Lipinski definition) is 0. The number of rotatable bonds is 1. The van der Waals surface area contributed by atoms with Crippen molar-refractivity contribution in [3.63, 3.8) is 0 Å². The Morgan fingerprint density at radius 3 is 2.75 bits per heavy atom. The molecule has 2 aliphatic rings. The Bertz CT molecular complexity index is 262. The summed E-state index contributed by atoms with van der Waals surface area (Å²) in [5, 5.41) is 8.66. The average Bonchev–Trinajstić information content (AvgIpc) is 2.64. The number of nitrogens with zero attached hydrogens (tertiary/aromatic N) is 2. The van der Waals surface area contributed by atoms with Crippen LogP contribution in [0.1, 0.15) is 26.2 Å². The second-order valence-corrected chi connectivity index (χ2v) is 4.03. The van der Waals surface area contributed by atoms with Crippen LogP contribution in [0.4, 0.5) is 0 Å². The number of carbonyl (C=O) groups is 1. The van der Waals surface area contributed by atoms with E-state index < -0.39 is 0 Å². The third kappa shape index (κ3) is 0.989. The lowest BCUT2D eigenvalue weighted by Gasteiger charge is -2.23. The van der Waals surface area contributed by atoms with Crippen LogP contribution in [0.15, 0.2) is 0 Å². The van der Waals surface area contributed by atoms with Crippen molar-refractivity contribution >= 4 is 5.91 Å². The molecule has 0 aromatic rings. The molecule has 3 heteroatoms. The molecule has 0 N–H and O–H groups in total. The Balaban J connectivity index is 2.10. The predicted octanol–water partition coefficient (Wildman–Crippen LogP) is 0.911. The molecule has 3 nitrogen and oxygen atoms in total. The van der Waals surface area contributed by atoms with Crippen LogP contribution in [0.3, 0.4) is 0 Å². The van der Waals surface area contributed by atoms with Gasteiger partial charge < -0.3 is 4.90 Å². The van der Waals surface area contributed by atoms with E-state index in [1.807, 2.05) is 4.90 Å². The number of likely N-dealkylation sites (tertiary alicyclic amines) is 1. The van der Waals surface area contributed by atoms with Gasteiger partial charge in [0, 0.05) is 18.5 Å². The number of hydrogen-bond acceptors (Lipinski definition) is 2. The van der Waals surface area contributed by atoms with Gasteiger partial charge in [-0.3, -0.25) is 4.79 Å². The molecule has 64 valence electrons. The number of nitriles is 1. The van der Waals surface area contributed by atoms with Gasteiger partial charge in [-0.15, -0.1) is 0 Å². The minimum atomic E-state index is -0.0603. The molecule has 1 aliphatic carbocycles. The first-order valence-corrected chi connectivity index (χ1v) is 4.36. The molecular weight excluding hydrogens is 152 g/mol. The minimum absolute atomic E-state index is 0.0603. The highest BCUT2D eigenvalue weighted by molar-refractivity contribution is 5.80. The van der Waals surface area contributed by atoms with Gasteiger partial charge in [0.1, 0.15) is 0 Å². The number of amides is 1. The second kappa shape index (κ2) is 2.22. The van der Waals surface area contributed by atoms with E-state index in [1.165, 1.54) is 0 Å². The van der Waals surface area contributed by atoms with Gasteiger partial charge in [-0.1, -0.05) is 0 Å². The van der Waals surface area contributed by atoms with Crippen molar-refractivity contribution in [2.75, 3.05) is 6.54 Å². The molecule has 1 aliphatic heterocycles. The first-order valence-electron chi connectivity index (χ1n) is 4.36. The highest BCUT2D eigenvalue weighted by atomic mass is 16.2. The van der Waals surface area contributed by atoms with Gasteiger partial charge in [-0.05, 0) is 19.8 Å². The maximum atomic E-state index is 11.4. The van der Waals surface area contributed by atoms with Gasteiger partial charge in [-0.2, -0.15) is 5.26 Å². The highest BCUT2D eigenvalue weighted by Gasteiger charge is 2.49. The molecule has 0 spiro atoms. The van der Waals surface area contributed by atoms with Gasteiger partial charge in [0.2, 0.25) is 5.91 Å². The lowest BCUT2D eigenvalue weighted by atomic mass is 10.1. The summed E-state index contributed by atoms with van der Waals surface area (Å²) in [5.41, 5.74) is 0.114. The van der Waals surface area contributed by atoms with Gasteiger partial charge in [0.15, 0.2) is 0 Å². The van der Waals surface area contributed by atoms with Crippen LogP contribution in [-0.2, 0) is 4.79 Å². The van der Waals surface area contributed by atoms with Crippen LogP contribution in [0.25, 0.3) is 0 Å². The fourth-order valence-electron chi connectivity index (χ4n) is 1.77. The maximum Gasteiger partial charge on any atom is 0.224 e. The van der Waals surface area contributed by atoms with Crippen molar-refractivity contribution in [2.24, 2.45) is 5.92 Å². The molecule has 1 saturated heterocycles. The molecule has 12 heavy (non-hydrogen) atoms. The highest BCUT2D eigenvalue weighted by Crippen LogP contribution is 2.43. The largest absolute Gasteiger partial charge is 0.336 e. The standard InChI is InChI=1S/C9H12N2O/c1-9(2-3-9)11-6-7(5-10)4-8(11)12/h7H,2-4,6H2,1H3. The van der Waals surface area contributed by atoms with E-state index in [1.54, 1.807) is 0 Å². The number of carbonyl (C=O) groups excluding carboxylic acids is 1. The Morgan fingerprint density at radius 1 is 1.67 bits per heavy atom. The van der Waals surface area contributed by atoms with Crippen molar-refractivity contribution in [3.05, 3.63) is 0 Å². The predicted molar refractivity (Wildman–Crippen MR) is 43.1 cm³/mol. The molecule has 1 heterocycles. The van der Waals surface area contributed by atoms with Crippen LogP contribution in [0.5, 0.6) is 0 Å². The summed E-state index contributed by atoms with van der Waals surface area (Å²) in [5.74, 6) is 0.108. The summed E-state index contributed by atoms with van der Waals surface area (Å²) in [6.07, 6.45) is 2.65. The lowest BCUT2D eigenvalue weighted by molar-refractivity contribution is -0.130. The summed E-state index contributed by atoms with van der Waals surface area (Å²) in [7, 11) is 0. The van der Waals surface area contributed by atoms with Gasteiger partial charge in [0.05, 0.1) is 12.0 Å². The van der Waals surface area contributed by atoms with Crippen LogP contribution in [0, 0.1) is 17.2 Å². The normalized spacial score (nSPS) is 31.8. The molecule has 2 rings (SSSR count). The van der Waals surface area contributed by atoms with E-state index in [2.05, 4.69) is 13.0 Å². The van der Waals surface area contributed by atoms with Gasteiger partial charge in [0.25, 0.3) is 0 Å². The molecule has 0 aromatic heterocycles. The van der Waals surface area contributed by atoms with Gasteiger partial charge in [-0.25, -0.2) is 0 Å². The summed E-state index contributed by atoms with van der Waals surface area (Å²) in [6, 6.07) is 2.16. The van der Waals surface area contributed by atoms with E-state index in [0.717, 1.165) is 12.8 Å². The Morgan fingerprint density at radius 2 is 2.33 bits per heavy atom.